The van der Waals surface area contributed by atoms with Crippen molar-refractivity contribution in [2.45, 2.75) is 59.2 Å². The molecule has 0 aromatic carbocycles. The molecule has 0 radical (unpaired) electrons. The average molecular weight is 267 g/mol. The van der Waals surface area contributed by atoms with Crippen molar-refractivity contribution in [1.82, 2.24) is 15.2 Å². The number of piperidine rings is 1. The number of thiazole rings is 1. The lowest BCUT2D eigenvalue weighted by atomic mass is 10.0. The third kappa shape index (κ3) is 3.53. The van der Waals surface area contributed by atoms with Gasteiger partial charge in [0.1, 0.15) is 5.01 Å². The minimum Gasteiger partial charge on any atom is -0.312 e. The summed E-state index contributed by atoms with van der Waals surface area (Å²) in [6.45, 7) is 10.9. The second-order valence-electron chi connectivity index (χ2n) is 5.21. The summed E-state index contributed by atoms with van der Waals surface area (Å²) in [6, 6.07) is 0.722. The molecule has 1 atom stereocenters. The summed E-state index contributed by atoms with van der Waals surface area (Å²) in [5.41, 5.74) is 1.21. The van der Waals surface area contributed by atoms with Crippen LogP contribution in [0.2, 0.25) is 0 Å². The summed E-state index contributed by atoms with van der Waals surface area (Å²) in [7, 11) is 0. The lowest BCUT2D eigenvalue weighted by Crippen LogP contribution is -2.36. The van der Waals surface area contributed by atoms with Crippen LogP contribution in [0, 0.1) is 6.92 Å². The molecule has 1 aliphatic rings. The molecule has 0 bridgehead atoms. The number of likely N-dealkylation sites (tertiary alicyclic amines) is 1. The van der Waals surface area contributed by atoms with Crippen molar-refractivity contribution < 1.29 is 0 Å². The van der Waals surface area contributed by atoms with Gasteiger partial charge in [0.2, 0.25) is 0 Å². The Kier molecular flexibility index (Phi) is 5.15. The predicted molar refractivity (Wildman–Crippen MR) is 78.0 cm³/mol. The van der Waals surface area contributed by atoms with E-state index in [0.29, 0.717) is 0 Å². The Morgan fingerprint density at radius 3 is 3.00 bits per heavy atom. The highest BCUT2D eigenvalue weighted by molar-refractivity contribution is 7.11. The summed E-state index contributed by atoms with van der Waals surface area (Å²) in [5, 5.41) is 4.67. The fourth-order valence-corrected chi connectivity index (χ4v) is 3.59. The molecular weight excluding hydrogens is 242 g/mol. The highest BCUT2D eigenvalue weighted by Gasteiger charge is 2.19. The van der Waals surface area contributed by atoms with E-state index in [1.54, 1.807) is 0 Å². The first-order valence-electron chi connectivity index (χ1n) is 7.10. The number of aryl methyl sites for hydroxylation is 1. The van der Waals surface area contributed by atoms with E-state index < -0.39 is 0 Å². The molecule has 1 aromatic rings. The summed E-state index contributed by atoms with van der Waals surface area (Å²) in [4.78, 5) is 8.71. The Morgan fingerprint density at radius 2 is 2.28 bits per heavy atom. The molecule has 1 fully saturated rings. The smallest absolute Gasteiger partial charge is 0.107 e. The van der Waals surface area contributed by atoms with E-state index in [4.69, 9.17) is 4.98 Å². The molecule has 1 unspecified atom stereocenters. The Hall–Kier alpha value is -0.450. The zero-order valence-corrected chi connectivity index (χ0v) is 12.6. The van der Waals surface area contributed by atoms with Crippen molar-refractivity contribution in [3.8, 4) is 0 Å². The molecular formula is C14H25N3S. The van der Waals surface area contributed by atoms with E-state index in [2.05, 4.69) is 31.0 Å². The zero-order chi connectivity index (χ0) is 13.0. The third-order valence-electron chi connectivity index (χ3n) is 3.75. The van der Waals surface area contributed by atoms with Gasteiger partial charge in [0, 0.05) is 17.5 Å². The topological polar surface area (TPSA) is 28.2 Å². The van der Waals surface area contributed by atoms with Crippen LogP contribution >= 0.6 is 11.3 Å². The number of hydrogen-bond donors (Lipinski definition) is 1. The van der Waals surface area contributed by atoms with E-state index >= 15 is 0 Å². The number of nitrogens with zero attached hydrogens (tertiary/aromatic N) is 2. The van der Waals surface area contributed by atoms with Crippen LogP contribution in [-0.4, -0.2) is 29.0 Å². The highest BCUT2D eigenvalue weighted by Crippen LogP contribution is 2.23. The Morgan fingerprint density at radius 1 is 1.44 bits per heavy atom. The molecule has 0 aliphatic carbocycles. The maximum atomic E-state index is 4.73. The fraction of sp³-hybridized carbons (Fsp3) is 0.786. The molecule has 2 rings (SSSR count). The van der Waals surface area contributed by atoms with Crippen LogP contribution in [-0.2, 0) is 13.1 Å². The monoisotopic (exact) mass is 267 g/mol. The SMILES string of the molecule is CCNCc1sc(CN2CCCCC2C)nc1C. The maximum Gasteiger partial charge on any atom is 0.107 e. The van der Waals surface area contributed by atoms with Crippen molar-refractivity contribution >= 4 is 11.3 Å². The van der Waals surface area contributed by atoms with E-state index in [-0.39, 0.29) is 0 Å². The van der Waals surface area contributed by atoms with Gasteiger partial charge in [0.05, 0.1) is 12.2 Å². The lowest BCUT2D eigenvalue weighted by molar-refractivity contribution is 0.152. The highest BCUT2D eigenvalue weighted by atomic mass is 32.1. The first kappa shape index (κ1) is 14.0. The first-order valence-corrected chi connectivity index (χ1v) is 7.92. The van der Waals surface area contributed by atoms with Gasteiger partial charge < -0.3 is 5.32 Å². The van der Waals surface area contributed by atoms with Crippen molar-refractivity contribution in [1.29, 1.82) is 0 Å². The third-order valence-corrected chi connectivity index (χ3v) is 4.89. The van der Waals surface area contributed by atoms with Gasteiger partial charge in [0.15, 0.2) is 0 Å². The van der Waals surface area contributed by atoms with Gasteiger partial charge in [-0.05, 0) is 39.8 Å². The average Bonchev–Trinajstić information content (AvgIpc) is 2.70. The van der Waals surface area contributed by atoms with E-state index in [0.717, 1.165) is 25.7 Å². The van der Waals surface area contributed by atoms with Crippen molar-refractivity contribution in [3.63, 3.8) is 0 Å². The predicted octanol–water partition coefficient (Wildman–Crippen LogP) is 2.94. The molecule has 2 heterocycles. The largest absolute Gasteiger partial charge is 0.312 e. The quantitative estimate of drug-likeness (QED) is 0.889. The second kappa shape index (κ2) is 6.64. The van der Waals surface area contributed by atoms with Gasteiger partial charge in [-0.2, -0.15) is 0 Å². The van der Waals surface area contributed by atoms with Crippen LogP contribution in [0.15, 0.2) is 0 Å². The summed E-state index contributed by atoms with van der Waals surface area (Å²) in [6.07, 6.45) is 4.08. The number of nitrogens with one attached hydrogen (secondary N) is 1. The maximum absolute atomic E-state index is 4.73. The minimum absolute atomic E-state index is 0.722. The summed E-state index contributed by atoms with van der Waals surface area (Å²) < 4.78 is 0. The van der Waals surface area contributed by atoms with Gasteiger partial charge >= 0.3 is 0 Å². The van der Waals surface area contributed by atoms with Crippen molar-refractivity contribution in [2.75, 3.05) is 13.1 Å². The van der Waals surface area contributed by atoms with Crippen molar-refractivity contribution in [2.24, 2.45) is 0 Å². The van der Waals surface area contributed by atoms with Crippen LogP contribution in [0.3, 0.4) is 0 Å². The van der Waals surface area contributed by atoms with Gasteiger partial charge in [-0.1, -0.05) is 13.3 Å². The molecule has 0 amide bonds. The number of aromatic nitrogens is 1. The Labute approximate surface area is 115 Å². The molecule has 0 saturated carbocycles. The normalized spacial score (nSPS) is 21.4. The standard InChI is InChI=1S/C14H25N3S/c1-4-15-9-13-12(3)16-14(18-13)10-17-8-6-5-7-11(17)2/h11,15H,4-10H2,1-3H3. The molecule has 18 heavy (non-hydrogen) atoms. The molecule has 1 aliphatic heterocycles. The van der Waals surface area contributed by atoms with Crippen LogP contribution in [0.4, 0.5) is 0 Å². The second-order valence-corrected chi connectivity index (χ2v) is 6.38. The Balaban J connectivity index is 1.96. The zero-order valence-electron chi connectivity index (χ0n) is 11.8. The van der Waals surface area contributed by atoms with E-state index in [1.165, 1.54) is 41.4 Å². The molecule has 1 N–H and O–H groups in total. The van der Waals surface area contributed by atoms with Crippen LogP contribution in [0.5, 0.6) is 0 Å². The number of rotatable bonds is 5. The van der Waals surface area contributed by atoms with Crippen molar-refractivity contribution in [3.05, 3.63) is 15.6 Å². The lowest BCUT2D eigenvalue weighted by Gasteiger charge is -2.32. The summed E-state index contributed by atoms with van der Waals surface area (Å²) in [5.74, 6) is 0. The molecule has 3 nitrogen and oxygen atoms in total. The molecule has 1 saturated heterocycles. The van der Waals surface area contributed by atoms with Crippen LogP contribution in [0.25, 0.3) is 0 Å². The number of hydrogen-bond acceptors (Lipinski definition) is 4. The first-order chi connectivity index (χ1) is 8.70. The van der Waals surface area contributed by atoms with E-state index in [9.17, 15) is 0 Å². The molecule has 0 spiro atoms. The van der Waals surface area contributed by atoms with Gasteiger partial charge in [-0.15, -0.1) is 11.3 Å². The Bertz CT molecular complexity index is 375. The van der Waals surface area contributed by atoms with Crippen LogP contribution < -0.4 is 5.32 Å². The molecule has 4 heteroatoms. The van der Waals surface area contributed by atoms with Gasteiger partial charge in [0.25, 0.3) is 0 Å². The minimum atomic E-state index is 0.722. The summed E-state index contributed by atoms with van der Waals surface area (Å²) >= 11 is 1.88. The van der Waals surface area contributed by atoms with Gasteiger partial charge in [-0.25, -0.2) is 4.98 Å². The molecule has 1 aromatic heterocycles. The molecule has 102 valence electrons. The van der Waals surface area contributed by atoms with Crippen LogP contribution in [0.1, 0.15) is 48.7 Å². The van der Waals surface area contributed by atoms with E-state index in [1.807, 2.05) is 11.3 Å². The fourth-order valence-electron chi connectivity index (χ4n) is 2.52. The van der Waals surface area contributed by atoms with Gasteiger partial charge in [-0.3, -0.25) is 4.90 Å².